The summed E-state index contributed by atoms with van der Waals surface area (Å²) in [5.74, 6) is 0. The summed E-state index contributed by atoms with van der Waals surface area (Å²) in [6.07, 6.45) is 0.245. The van der Waals surface area contributed by atoms with Gasteiger partial charge in [0.05, 0.1) is 45.1 Å². The first-order valence-electron chi connectivity index (χ1n) is 5.43. The Morgan fingerprint density at radius 2 is 1.35 bits per heavy atom. The van der Waals surface area contributed by atoms with E-state index < -0.39 is 31.8 Å². The molecule has 2 saturated heterocycles. The number of rotatable bonds is 4. The van der Waals surface area contributed by atoms with Crippen molar-refractivity contribution in [3.8, 4) is 0 Å². The normalized spacial score (nSPS) is 21.9. The number of epoxide rings is 2. The highest BCUT2D eigenvalue weighted by atomic mass is 17.3. The fourth-order valence-corrected chi connectivity index (χ4v) is 0.492. The number of hydrogen-bond acceptors (Lipinski definition) is 6. The van der Waals surface area contributed by atoms with Crippen molar-refractivity contribution >= 4 is 0 Å². The van der Waals surface area contributed by atoms with E-state index in [1.54, 1.807) is 4.52 Å². The maximum absolute atomic E-state index is 9.72. The largest absolute Gasteiger partial charge is 0.534 e. The number of aliphatic hydroxyl groups excluding tert-OH is 4. The van der Waals surface area contributed by atoms with Crippen LogP contribution in [0.25, 0.3) is 0 Å². The van der Waals surface area contributed by atoms with Crippen LogP contribution in [-0.2, 0) is 9.25 Å². The molecule has 2 aliphatic rings. The molecule has 0 radical (unpaired) electrons. The fraction of sp³-hybridized carbons (Fsp3) is 1.00. The van der Waals surface area contributed by atoms with Gasteiger partial charge >= 0.3 is 0 Å². The maximum atomic E-state index is 9.72. The van der Waals surface area contributed by atoms with Crippen molar-refractivity contribution in [3.05, 3.63) is 0 Å². The summed E-state index contributed by atoms with van der Waals surface area (Å²) in [6.45, 7) is 2.91. The molecule has 0 aromatic carbocycles. The molecular formula is C10H22O7. The van der Waals surface area contributed by atoms with E-state index in [1.807, 2.05) is 6.92 Å². The van der Waals surface area contributed by atoms with E-state index in [4.69, 9.17) is 20.4 Å². The molecular weight excluding hydrogens is 232 g/mol. The predicted molar refractivity (Wildman–Crippen MR) is 57.0 cm³/mol. The van der Waals surface area contributed by atoms with Gasteiger partial charge < -0.3 is 34.9 Å². The second-order valence-corrected chi connectivity index (χ2v) is 4.10. The zero-order valence-corrected chi connectivity index (χ0v) is 10.0. The number of ether oxygens (including phenoxy) is 1. The lowest BCUT2D eigenvalue weighted by Crippen LogP contribution is -2.37. The van der Waals surface area contributed by atoms with Crippen LogP contribution >= 0.6 is 0 Å². The first-order chi connectivity index (χ1) is 8.05. The molecule has 0 saturated carbocycles. The van der Waals surface area contributed by atoms with Crippen molar-refractivity contribution in [1.82, 2.24) is 0 Å². The molecule has 2 heterocycles. The van der Waals surface area contributed by atoms with E-state index in [0.29, 0.717) is 6.61 Å². The molecule has 0 aliphatic carbocycles. The van der Waals surface area contributed by atoms with Gasteiger partial charge in [-0.1, -0.05) is 0 Å². The quantitative estimate of drug-likeness (QED) is 0.244. The van der Waals surface area contributed by atoms with Crippen molar-refractivity contribution < 1.29 is 34.9 Å². The highest BCUT2D eigenvalue weighted by Crippen LogP contribution is 2.13. The van der Waals surface area contributed by atoms with Gasteiger partial charge in [-0.05, 0) is 0 Å². The lowest BCUT2D eigenvalue weighted by atomic mass is 9.93. The first-order valence-corrected chi connectivity index (χ1v) is 5.43. The van der Waals surface area contributed by atoms with Crippen LogP contribution in [0, 0.1) is 5.41 Å². The second kappa shape index (κ2) is 8.76. The first kappa shape index (κ1) is 16.7. The zero-order chi connectivity index (χ0) is 13.3. The van der Waals surface area contributed by atoms with Gasteiger partial charge in [0.25, 0.3) is 0 Å². The minimum atomic E-state index is -1.11. The van der Waals surface area contributed by atoms with Crippen LogP contribution in [0.3, 0.4) is 0 Å². The third-order valence-corrected chi connectivity index (χ3v) is 2.28. The maximum Gasteiger partial charge on any atom is 0.228 e. The Morgan fingerprint density at radius 3 is 1.35 bits per heavy atom. The molecule has 7 heteroatoms. The molecule has 2 rings (SSSR count). The molecule has 2 fully saturated rings. The number of hydrogen-bond donors (Lipinski definition) is 4. The third-order valence-electron chi connectivity index (χ3n) is 2.28. The minimum absolute atomic E-state index is 0.245. The summed E-state index contributed by atoms with van der Waals surface area (Å²) in [5, 5.41) is 43.7. The van der Waals surface area contributed by atoms with E-state index in [-0.39, 0.29) is 6.10 Å². The average molecular weight is 254 g/mol. The van der Waals surface area contributed by atoms with Crippen LogP contribution in [-0.4, -0.2) is 72.8 Å². The summed E-state index contributed by atoms with van der Waals surface area (Å²) >= 11 is 0. The molecule has 0 spiro atoms. The van der Waals surface area contributed by atoms with Crippen LogP contribution in [0.1, 0.15) is 6.92 Å². The van der Waals surface area contributed by atoms with E-state index >= 15 is 0 Å². The molecule has 7 nitrogen and oxygen atoms in total. The van der Waals surface area contributed by atoms with Crippen molar-refractivity contribution in [2.45, 2.75) is 13.0 Å². The molecule has 1 atom stereocenters. The SMILES string of the molecule is C1CO1.CC1C[O+]1[O-].OCC(CO)(CO)CO. The topological polar surface area (TPSA) is 119 Å². The van der Waals surface area contributed by atoms with Crippen LogP contribution in [0.4, 0.5) is 0 Å². The second-order valence-electron chi connectivity index (χ2n) is 4.10. The molecule has 104 valence electrons. The Kier molecular flexibility index (Phi) is 8.61. The Labute approximate surface area is 100 Å². The van der Waals surface area contributed by atoms with Gasteiger partial charge in [-0.15, -0.1) is 0 Å². The predicted octanol–water partition coefficient (Wildman–Crippen LogP) is -2.83. The fourth-order valence-electron chi connectivity index (χ4n) is 0.492. The lowest BCUT2D eigenvalue weighted by molar-refractivity contribution is -0.736. The molecule has 4 N–H and O–H groups in total. The van der Waals surface area contributed by atoms with Gasteiger partial charge in [0.2, 0.25) is 12.7 Å². The van der Waals surface area contributed by atoms with E-state index in [2.05, 4.69) is 4.74 Å². The lowest BCUT2D eigenvalue weighted by Gasteiger charge is -2.23. The zero-order valence-electron chi connectivity index (χ0n) is 10.0. The summed E-state index contributed by atoms with van der Waals surface area (Å²) in [5.41, 5.74) is -1.11. The standard InChI is InChI=1S/C5H12O4.C3H6O2.C2H4O/c6-1-5(2-7,3-8)4-9;1-3-2-5(3)4;1-2-3-1/h6-9H,1-4H2;3H,2H2,1H3;1-2H2. The third kappa shape index (κ3) is 8.44. The van der Waals surface area contributed by atoms with Crippen LogP contribution in [0.2, 0.25) is 0 Å². The highest BCUT2D eigenvalue weighted by molar-refractivity contribution is 4.74. The van der Waals surface area contributed by atoms with Gasteiger partial charge in [0, 0.05) is 6.92 Å². The van der Waals surface area contributed by atoms with Gasteiger partial charge in [0.1, 0.15) is 0 Å². The Balaban J connectivity index is 0.000000261. The van der Waals surface area contributed by atoms with Gasteiger partial charge in [-0.2, -0.15) is 0 Å². The van der Waals surface area contributed by atoms with Crippen molar-refractivity contribution in [3.63, 3.8) is 0 Å². The molecule has 0 aromatic heterocycles. The smallest absolute Gasteiger partial charge is 0.228 e. The van der Waals surface area contributed by atoms with E-state index in [1.165, 1.54) is 0 Å². The minimum Gasteiger partial charge on any atom is -0.534 e. The van der Waals surface area contributed by atoms with Crippen LogP contribution < -0.4 is 5.26 Å². The number of aliphatic hydroxyl groups is 4. The Morgan fingerprint density at radius 1 is 1.12 bits per heavy atom. The van der Waals surface area contributed by atoms with Crippen LogP contribution in [0.15, 0.2) is 0 Å². The molecule has 1 unspecified atom stereocenters. The monoisotopic (exact) mass is 254 g/mol. The molecule has 2 aliphatic heterocycles. The molecule has 0 amide bonds. The molecule has 17 heavy (non-hydrogen) atoms. The average Bonchev–Trinajstić information content (AvgIpc) is 3.24. The Hall–Kier alpha value is -0.280. The molecule has 0 aromatic rings. The van der Waals surface area contributed by atoms with Gasteiger partial charge in [-0.25, -0.2) is 0 Å². The van der Waals surface area contributed by atoms with Crippen LogP contribution in [0.5, 0.6) is 0 Å². The summed E-state index contributed by atoms with van der Waals surface area (Å²) in [6, 6.07) is 0. The van der Waals surface area contributed by atoms with Gasteiger partial charge in [-0.3, -0.25) is 0 Å². The summed E-state index contributed by atoms with van der Waals surface area (Å²) < 4.78 is 6.16. The van der Waals surface area contributed by atoms with Crippen molar-refractivity contribution in [2.75, 3.05) is 46.2 Å². The molecule has 0 bridgehead atoms. The van der Waals surface area contributed by atoms with Crippen molar-refractivity contribution in [1.29, 1.82) is 0 Å². The van der Waals surface area contributed by atoms with E-state index in [9.17, 15) is 5.26 Å². The highest BCUT2D eigenvalue weighted by Gasteiger charge is 2.31. The van der Waals surface area contributed by atoms with E-state index in [0.717, 1.165) is 13.2 Å². The summed E-state index contributed by atoms with van der Waals surface area (Å²) in [7, 11) is 0. The Bertz CT molecular complexity index is 155. The summed E-state index contributed by atoms with van der Waals surface area (Å²) in [4.78, 5) is 0. The van der Waals surface area contributed by atoms with Gasteiger partial charge in [0.15, 0.2) is 0 Å². The van der Waals surface area contributed by atoms with Crippen molar-refractivity contribution in [2.24, 2.45) is 5.41 Å².